The van der Waals surface area contributed by atoms with Gasteiger partial charge in [0.05, 0.1) is 21.7 Å². The average molecular weight is 468 g/mol. The molecule has 0 saturated carbocycles. The Labute approximate surface area is 212 Å². The van der Waals surface area contributed by atoms with E-state index in [0.29, 0.717) is 44.4 Å². The molecule has 0 fully saturated rings. The van der Waals surface area contributed by atoms with Crippen LogP contribution in [0.3, 0.4) is 0 Å². The molecule has 1 aromatic heterocycles. The molecule has 0 spiro atoms. The second-order valence-electron chi connectivity index (χ2n) is 7.64. The second kappa shape index (κ2) is 8.23. The minimum absolute atomic E-state index is 0. The molecule has 1 aliphatic carbocycles. The molecule has 1 aliphatic rings. The monoisotopic (exact) mass is 468 g/mol. The van der Waals surface area contributed by atoms with Crippen LogP contribution in [0.1, 0.15) is 21.5 Å². The average Bonchev–Trinajstić information content (AvgIpc) is 2.76. The van der Waals surface area contributed by atoms with Gasteiger partial charge in [-0.05, 0) is 47.9 Å². The van der Waals surface area contributed by atoms with Crippen LogP contribution in [-0.4, -0.2) is 30.4 Å². The fraction of sp³-hybridized carbons (Fsp3) is 0.0833. The van der Waals surface area contributed by atoms with Gasteiger partial charge in [0, 0.05) is 29.8 Å². The van der Waals surface area contributed by atoms with E-state index in [-0.39, 0.29) is 45.9 Å². The van der Waals surface area contributed by atoms with Gasteiger partial charge in [-0.2, -0.15) is 0 Å². The predicted molar refractivity (Wildman–Crippen MR) is 121 cm³/mol. The van der Waals surface area contributed by atoms with E-state index in [1.54, 1.807) is 43.4 Å². The summed E-state index contributed by atoms with van der Waals surface area (Å²) in [6.45, 7) is 1.52. The normalized spacial score (nSPS) is 12.3. The molecule has 0 radical (unpaired) electrons. The zero-order valence-electron chi connectivity index (χ0n) is 18.2. The quantitative estimate of drug-likeness (QED) is 0.305. The molecule has 4 aromatic rings. The van der Waals surface area contributed by atoms with Gasteiger partial charge in [0.1, 0.15) is 10.1 Å². The van der Waals surface area contributed by atoms with Gasteiger partial charge in [0.25, 0.3) is 5.56 Å². The third-order valence-corrected chi connectivity index (χ3v) is 6.82. The summed E-state index contributed by atoms with van der Waals surface area (Å²) in [4.78, 5) is 26.3. The van der Waals surface area contributed by atoms with Crippen LogP contribution in [0.15, 0.2) is 70.4 Å². The van der Waals surface area contributed by atoms with Crippen molar-refractivity contribution < 1.29 is 47.3 Å². The first kappa shape index (κ1) is 23.4. The fourth-order valence-electron chi connectivity index (χ4n) is 4.40. The molecule has 7 nitrogen and oxygen atoms in total. The third kappa shape index (κ3) is 3.55. The molecule has 0 saturated heterocycles. The van der Waals surface area contributed by atoms with Crippen molar-refractivity contribution in [2.75, 3.05) is 12.4 Å². The fourth-order valence-corrected chi connectivity index (χ4v) is 5.13. The van der Waals surface area contributed by atoms with E-state index in [1.807, 2.05) is 6.07 Å². The molecule has 1 heterocycles. The van der Waals surface area contributed by atoms with Crippen molar-refractivity contribution in [1.29, 1.82) is 0 Å². The van der Waals surface area contributed by atoms with E-state index in [4.69, 9.17) is 0 Å². The van der Waals surface area contributed by atoms with Crippen LogP contribution in [0.25, 0.3) is 27.7 Å². The SMILES string of the molecule is CNc1ccc2c3c(cc(=O)n2-c2ccc(C)c(S(=O)(=O)[O-])c2)-c2ccccc2C(=O)c13.[Na+]. The molecule has 3 aromatic carbocycles. The van der Waals surface area contributed by atoms with E-state index < -0.39 is 15.7 Å². The third-order valence-electron chi connectivity index (χ3n) is 5.84. The number of ketones is 1. The number of aryl methyl sites for hydroxylation is 1. The van der Waals surface area contributed by atoms with Crippen molar-refractivity contribution in [3.63, 3.8) is 0 Å². The summed E-state index contributed by atoms with van der Waals surface area (Å²) in [7, 11) is -3.01. The summed E-state index contributed by atoms with van der Waals surface area (Å²) in [6, 6.07) is 16.3. The first-order chi connectivity index (χ1) is 15.2. The van der Waals surface area contributed by atoms with E-state index in [9.17, 15) is 22.6 Å². The summed E-state index contributed by atoms with van der Waals surface area (Å²) < 4.78 is 36.5. The zero-order valence-corrected chi connectivity index (χ0v) is 21.0. The molecule has 9 heteroatoms. The van der Waals surface area contributed by atoms with Gasteiger partial charge >= 0.3 is 29.6 Å². The Morgan fingerprint density at radius 3 is 2.27 bits per heavy atom. The van der Waals surface area contributed by atoms with Crippen molar-refractivity contribution in [3.8, 4) is 16.8 Å². The number of carbonyl (C=O) groups is 1. The Bertz CT molecular complexity index is 1640. The maximum absolute atomic E-state index is 13.4. The van der Waals surface area contributed by atoms with Gasteiger partial charge in [0.15, 0.2) is 5.78 Å². The molecule has 160 valence electrons. The van der Waals surface area contributed by atoms with Crippen LogP contribution in [0.5, 0.6) is 0 Å². The number of benzene rings is 3. The zero-order chi connectivity index (χ0) is 22.8. The van der Waals surface area contributed by atoms with E-state index in [0.717, 1.165) is 0 Å². The molecule has 0 bridgehead atoms. The number of hydrogen-bond donors (Lipinski definition) is 1. The smallest absolute Gasteiger partial charge is 0.744 e. The molecule has 0 unspecified atom stereocenters. The summed E-state index contributed by atoms with van der Waals surface area (Å²) in [6.07, 6.45) is 0. The van der Waals surface area contributed by atoms with Gasteiger partial charge in [0.2, 0.25) is 0 Å². The maximum Gasteiger partial charge on any atom is 1.00 e. The molecule has 5 rings (SSSR count). The molecular formula is C24H17N2NaO5S. The van der Waals surface area contributed by atoms with Crippen LogP contribution in [0.4, 0.5) is 5.69 Å². The van der Waals surface area contributed by atoms with Crippen molar-refractivity contribution in [2.24, 2.45) is 0 Å². The molecule has 0 atom stereocenters. The van der Waals surface area contributed by atoms with Crippen LogP contribution in [-0.2, 0) is 10.1 Å². The number of anilines is 1. The Morgan fingerprint density at radius 2 is 1.61 bits per heavy atom. The van der Waals surface area contributed by atoms with Crippen molar-refractivity contribution >= 4 is 32.5 Å². The van der Waals surface area contributed by atoms with Crippen molar-refractivity contribution in [3.05, 3.63) is 87.7 Å². The standard InChI is InChI=1S/C24H18N2O5S.Na/c1-13-7-8-14(11-20(13)32(29,30)31)26-19-10-9-18(25-2)23-22(19)17(12-21(26)27)15-5-3-4-6-16(15)24(23)28;/h3-12,25H,1-2H3,(H,29,30,31);/q;+1/p-1. The van der Waals surface area contributed by atoms with Gasteiger partial charge in [-0.3, -0.25) is 14.2 Å². The Hall–Kier alpha value is -2.75. The predicted octanol–water partition coefficient (Wildman–Crippen LogP) is 0.460. The molecule has 0 amide bonds. The topological polar surface area (TPSA) is 108 Å². The van der Waals surface area contributed by atoms with Gasteiger partial charge < -0.3 is 9.87 Å². The summed E-state index contributed by atoms with van der Waals surface area (Å²) in [5, 5.41) is 3.63. The van der Waals surface area contributed by atoms with E-state index >= 15 is 0 Å². The number of hydrogen-bond acceptors (Lipinski definition) is 6. The van der Waals surface area contributed by atoms with Crippen LogP contribution in [0, 0.1) is 6.92 Å². The van der Waals surface area contributed by atoms with Gasteiger partial charge in [-0.1, -0.05) is 30.3 Å². The van der Waals surface area contributed by atoms with Gasteiger partial charge in [-0.15, -0.1) is 0 Å². The first-order valence-electron chi connectivity index (χ1n) is 9.84. The van der Waals surface area contributed by atoms with Crippen molar-refractivity contribution in [2.45, 2.75) is 11.8 Å². The Kier molecular flexibility index (Phi) is 5.84. The summed E-state index contributed by atoms with van der Waals surface area (Å²) in [5.74, 6) is -0.167. The minimum atomic E-state index is -4.73. The summed E-state index contributed by atoms with van der Waals surface area (Å²) in [5.41, 5.74) is 3.44. The first-order valence-corrected chi connectivity index (χ1v) is 11.2. The summed E-state index contributed by atoms with van der Waals surface area (Å²) >= 11 is 0. The van der Waals surface area contributed by atoms with Crippen LogP contribution < -0.4 is 40.4 Å². The molecule has 33 heavy (non-hydrogen) atoms. The molecule has 1 N–H and O–H groups in total. The number of rotatable bonds is 3. The number of fused-ring (bicyclic) bond motifs is 2. The largest absolute Gasteiger partial charge is 1.00 e. The minimum Gasteiger partial charge on any atom is -0.744 e. The second-order valence-corrected chi connectivity index (χ2v) is 8.99. The number of nitrogens with zero attached hydrogens (tertiary/aromatic N) is 1. The number of carbonyl (C=O) groups excluding carboxylic acids is 1. The Balaban J connectivity index is 0.00000259. The molecule has 0 aliphatic heterocycles. The number of nitrogens with one attached hydrogen (secondary N) is 1. The van der Waals surface area contributed by atoms with Crippen molar-refractivity contribution in [1.82, 2.24) is 4.57 Å². The van der Waals surface area contributed by atoms with E-state index in [2.05, 4.69) is 5.32 Å². The maximum atomic E-state index is 13.4. The number of aromatic nitrogens is 1. The van der Waals surface area contributed by atoms with Crippen LogP contribution >= 0.6 is 0 Å². The van der Waals surface area contributed by atoms with Crippen LogP contribution in [0.2, 0.25) is 0 Å². The molecular weight excluding hydrogens is 451 g/mol. The Morgan fingerprint density at radius 1 is 0.909 bits per heavy atom. The number of pyridine rings is 1. The van der Waals surface area contributed by atoms with Gasteiger partial charge in [-0.25, -0.2) is 8.42 Å². The van der Waals surface area contributed by atoms with E-state index in [1.165, 1.54) is 29.7 Å².